The first-order valence-corrected chi connectivity index (χ1v) is 12.0. The Bertz CT molecular complexity index is 1160. The number of nitrogens with one attached hydrogen (secondary N) is 1. The molecule has 0 aliphatic carbocycles. The molecule has 0 spiro atoms. The number of hydrogen-bond acceptors (Lipinski definition) is 6. The minimum atomic E-state index is -3.86. The number of fused-ring (bicyclic) bond motifs is 1. The molecule has 176 valence electrons. The highest BCUT2D eigenvalue weighted by molar-refractivity contribution is 7.89. The largest absolute Gasteiger partial charge is 0.454 e. The van der Waals surface area contributed by atoms with E-state index in [1.54, 1.807) is 44.2 Å². The lowest BCUT2D eigenvalue weighted by molar-refractivity contribution is -0.150. The second-order valence-corrected chi connectivity index (χ2v) is 9.88. The molecule has 2 aromatic rings. The predicted molar refractivity (Wildman–Crippen MR) is 122 cm³/mol. The van der Waals surface area contributed by atoms with Crippen molar-refractivity contribution in [2.75, 3.05) is 11.5 Å². The summed E-state index contributed by atoms with van der Waals surface area (Å²) in [5.41, 5.74) is 1.63. The molecule has 33 heavy (non-hydrogen) atoms. The minimum absolute atomic E-state index is 0.0249. The highest BCUT2D eigenvalue weighted by atomic mass is 32.2. The van der Waals surface area contributed by atoms with E-state index in [-0.39, 0.29) is 16.9 Å². The second-order valence-electron chi connectivity index (χ2n) is 8.32. The average Bonchev–Trinajstić information content (AvgIpc) is 3.10. The Kier molecular flexibility index (Phi) is 7.19. The molecule has 1 unspecified atom stereocenters. The summed E-state index contributed by atoms with van der Waals surface area (Å²) in [5.74, 6) is -1.83. The van der Waals surface area contributed by atoms with Gasteiger partial charge in [-0.3, -0.25) is 9.59 Å². The summed E-state index contributed by atoms with van der Waals surface area (Å²) in [6.45, 7) is 4.83. The van der Waals surface area contributed by atoms with Crippen LogP contribution in [0.1, 0.15) is 36.7 Å². The van der Waals surface area contributed by atoms with Crippen molar-refractivity contribution in [3.05, 3.63) is 59.7 Å². The van der Waals surface area contributed by atoms with E-state index in [1.165, 1.54) is 23.1 Å². The minimum Gasteiger partial charge on any atom is -0.454 e. The third kappa shape index (κ3) is 5.58. The van der Waals surface area contributed by atoms with E-state index in [9.17, 15) is 22.8 Å². The number of benzene rings is 2. The molecule has 3 rings (SSSR count). The fourth-order valence-electron chi connectivity index (χ4n) is 3.77. The molecule has 9 nitrogen and oxygen atoms in total. The highest BCUT2D eigenvalue weighted by Crippen LogP contribution is 2.33. The van der Waals surface area contributed by atoms with Gasteiger partial charge in [-0.05, 0) is 55.2 Å². The van der Waals surface area contributed by atoms with Crippen molar-refractivity contribution in [3.8, 4) is 0 Å². The SMILES string of the molecule is CC(C)[C@H](NC(=O)c1ccccc1)C(=O)OCC(=O)N1c2ccc(S(N)(=O)=O)cc2CC1C. The van der Waals surface area contributed by atoms with Crippen LogP contribution in [0.2, 0.25) is 0 Å². The van der Waals surface area contributed by atoms with Gasteiger partial charge < -0.3 is 15.0 Å². The van der Waals surface area contributed by atoms with Crippen molar-refractivity contribution in [1.29, 1.82) is 0 Å². The lowest BCUT2D eigenvalue weighted by atomic mass is 10.0. The molecule has 10 heteroatoms. The van der Waals surface area contributed by atoms with Gasteiger partial charge in [0.05, 0.1) is 4.90 Å². The van der Waals surface area contributed by atoms with Crippen LogP contribution in [0.4, 0.5) is 5.69 Å². The molecule has 2 atom stereocenters. The number of hydrogen-bond donors (Lipinski definition) is 2. The van der Waals surface area contributed by atoms with Crippen molar-refractivity contribution in [1.82, 2.24) is 5.32 Å². The van der Waals surface area contributed by atoms with Crippen LogP contribution < -0.4 is 15.4 Å². The number of anilines is 1. The quantitative estimate of drug-likeness (QED) is 0.587. The van der Waals surface area contributed by atoms with Crippen LogP contribution in [0.15, 0.2) is 53.4 Å². The first kappa shape index (κ1) is 24.4. The zero-order valence-corrected chi connectivity index (χ0v) is 19.5. The molecule has 1 aliphatic rings. The highest BCUT2D eigenvalue weighted by Gasteiger charge is 2.33. The molecule has 1 heterocycles. The van der Waals surface area contributed by atoms with Crippen LogP contribution >= 0.6 is 0 Å². The van der Waals surface area contributed by atoms with Gasteiger partial charge >= 0.3 is 5.97 Å². The molecular formula is C23H27N3O6S. The summed E-state index contributed by atoms with van der Waals surface area (Å²) in [7, 11) is -3.86. The molecule has 2 aromatic carbocycles. The van der Waals surface area contributed by atoms with Crippen LogP contribution in [-0.2, 0) is 30.8 Å². The van der Waals surface area contributed by atoms with Gasteiger partial charge in [-0.15, -0.1) is 0 Å². The van der Waals surface area contributed by atoms with Crippen molar-refractivity contribution in [2.24, 2.45) is 11.1 Å². The number of esters is 1. The second kappa shape index (κ2) is 9.72. The summed E-state index contributed by atoms with van der Waals surface area (Å²) in [4.78, 5) is 39.4. The molecular weight excluding hydrogens is 446 g/mol. The summed E-state index contributed by atoms with van der Waals surface area (Å²) in [5, 5.41) is 7.85. The van der Waals surface area contributed by atoms with E-state index in [1.807, 2.05) is 6.92 Å². The van der Waals surface area contributed by atoms with Gasteiger partial charge in [0, 0.05) is 17.3 Å². The molecule has 0 aromatic heterocycles. The molecule has 0 radical (unpaired) electrons. The molecule has 0 saturated heterocycles. The number of nitrogens with two attached hydrogens (primary N) is 1. The summed E-state index contributed by atoms with van der Waals surface area (Å²) in [6.07, 6.45) is 0.445. The van der Waals surface area contributed by atoms with Crippen molar-refractivity contribution in [2.45, 2.75) is 44.2 Å². The number of sulfonamides is 1. The third-order valence-electron chi connectivity index (χ3n) is 5.44. The molecule has 0 saturated carbocycles. The molecule has 2 amide bonds. The van der Waals surface area contributed by atoms with Gasteiger partial charge in [0.1, 0.15) is 6.04 Å². The van der Waals surface area contributed by atoms with Crippen LogP contribution in [0.3, 0.4) is 0 Å². The Labute approximate surface area is 193 Å². The van der Waals surface area contributed by atoms with Crippen LogP contribution in [0.25, 0.3) is 0 Å². The van der Waals surface area contributed by atoms with Gasteiger partial charge in [-0.1, -0.05) is 32.0 Å². The number of carbonyl (C=O) groups excluding carboxylic acids is 3. The predicted octanol–water partition coefficient (Wildman–Crippen LogP) is 1.61. The maximum absolute atomic E-state index is 12.9. The lowest BCUT2D eigenvalue weighted by Gasteiger charge is -2.24. The van der Waals surface area contributed by atoms with E-state index in [0.717, 1.165) is 0 Å². The smallest absolute Gasteiger partial charge is 0.329 e. The number of amides is 2. The van der Waals surface area contributed by atoms with Gasteiger partial charge in [0.2, 0.25) is 10.0 Å². The van der Waals surface area contributed by atoms with Gasteiger partial charge in [-0.25, -0.2) is 18.4 Å². The summed E-state index contributed by atoms with van der Waals surface area (Å²) >= 11 is 0. The molecule has 0 fully saturated rings. The van der Waals surface area contributed by atoms with E-state index in [4.69, 9.17) is 9.88 Å². The Hall–Kier alpha value is -3.24. The van der Waals surface area contributed by atoms with E-state index < -0.39 is 40.5 Å². The van der Waals surface area contributed by atoms with Gasteiger partial charge in [0.15, 0.2) is 6.61 Å². The topological polar surface area (TPSA) is 136 Å². The molecule has 1 aliphatic heterocycles. The van der Waals surface area contributed by atoms with Crippen LogP contribution in [-0.4, -0.2) is 44.9 Å². The van der Waals surface area contributed by atoms with Crippen molar-refractivity contribution < 1.29 is 27.5 Å². The van der Waals surface area contributed by atoms with Gasteiger partial charge in [0.25, 0.3) is 11.8 Å². The zero-order valence-electron chi connectivity index (χ0n) is 18.6. The maximum atomic E-state index is 12.9. The third-order valence-corrected chi connectivity index (χ3v) is 6.36. The van der Waals surface area contributed by atoms with E-state index >= 15 is 0 Å². The Morgan fingerprint density at radius 3 is 2.42 bits per heavy atom. The Morgan fingerprint density at radius 2 is 1.82 bits per heavy atom. The number of carbonyl (C=O) groups is 3. The molecule has 3 N–H and O–H groups in total. The lowest BCUT2D eigenvalue weighted by Crippen LogP contribution is -2.46. The van der Waals surface area contributed by atoms with E-state index in [0.29, 0.717) is 23.2 Å². The first-order valence-electron chi connectivity index (χ1n) is 10.5. The summed E-state index contributed by atoms with van der Waals surface area (Å²) < 4.78 is 28.5. The van der Waals surface area contributed by atoms with Crippen molar-refractivity contribution >= 4 is 33.5 Å². The first-order chi connectivity index (χ1) is 15.5. The fraction of sp³-hybridized carbons (Fsp3) is 0.348. The Balaban J connectivity index is 1.67. The molecule has 0 bridgehead atoms. The monoisotopic (exact) mass is 473 g/mol. The van der Waals surface area contributed by atoms with Gasteiger partial charge in [-0.2, -0.15) is 0 Å². The fourth-order valence-corrected chi connectivity index (χ4v) is 4.33. The van der Waals surface area contributed by atoms with E-state index in [2.05, 4.69) is 5.32 Å². The zero-order chi connectivity index (χ0) is 24.3. The number of rotatable bonds is 7. The Morgan fingerprint density at radius 1 is 1.15 bits per heavy atom. The normalized spacial score (nSPS) is 16.3. The van der Waals surface area contributed by atoms with Crippen LogP contribution in [0, 0.1) is 5.92 Å². The maximum Gasteiger partial charge on any atom is 0.329 e. The standard InChI is InChI=1S/C23H27N3O6S/c1-14(2)21(25-22(28)16-7-5-4-6-8-16)23(29)32-13-20(27)26-15(3)11-17-12-18(33(24,30)31)9-10-19(17)26/h4-10,12,14-15,21H,11,13H2,1-3H3,(H,25,28)(H2,24,30,31)/t15?,21-/m0/s1. The number of ether oxygens (including phenoxy) is 1. The van der Waals surface area contributed by atoms with Crippen LogP contribution in [0.5, 0.6) is 0 Å². The number of nitrogens with zero attached hydrogens (tertiary/aromatic N) is 1. The van der Waals surface area contributed by atoms with Crippen molar-refractivity contribution in [3.63, 3.8) is 0 Å². The number of primary sulfonamides is 1. The summed E-state index contributed by atoms with van der Waals surface area (Å²) in [6, 6.07) is 11.6. The average molecular weight is 474 g/mol.